The molecule has 0 bridgehead atoms. The third-order valence-electron chi connectivity index (χ3n) is 3.62. The summed E-state index contributed by atoms with van der Waals surface area (Å²) in [4.78, 5) is 11.8. The average Bonchev–Trinajstić information content (AvgIpc) is 2.88. The Balaban J connectivity index is 2.37. The first kappa shape index (κ1) is 15.4. The second-order valence-corrected chi connectivity index (χ2v) is 5.42. The molecule has 1 aliphatic carbocycles. The van der Waals surface area contributed by atoms with Crippen molar-refractivity contribution in [2.24, 2.45) is 5.92 Å². The van der Waals surface area contributed by atoms with Gasteiger partial charge in [0.1, 0.15) is 5.54 Å². The van der Waals surface area contributed by atoms with Crippen LogP contribution in [0, 0.1) is 5.92 Å². The molecular formula is C14H27NO3. The Labute approximate surface area is 110 Å². The summed E-state index contributed by atoms with van der Waals surface area (Å²) in [5.74, 6) is 0.431. The Morgan fingerprint density at radius 1 is 1.39 bits per heavy atom. The van der Waals surface area contributed by atoms with Crippen molar-refractivity contribution in [3.05, 3.63) is 0 Å². The lowest BCUT2D eigenvalue weighted by Gasteiger charge is -2.28. The van der Waals surface area contributed by atoms with Gasteiger partial charge in [0.25, 0.3) is 0 Å². The SMILES string of the molecule is CCCNC(C)(COCC1CCCC1)C(=O)OC. The summed E-state index contributed by atoms with van der Waals surface area (Å²) in [6.45, 7) is 5.86. The molecule has 0 heterocycles. The van der Waals surface area contributed by atoms with E-state index in [0.717, 1.165) is 19.6 Å². The number of hydrogen-bond donors (Lipinski definition) is 1. The second-order valence-electron chi connectivity index (χ2n) is 5.42. The molecule has 0 aromatic rings. The van der Waals surface area contributed by atoms with Crippen LogP contribution in [-0.4, -0.2) is 38.4 Å². The number of hydrogen-bond acceptors (Lipinski definition) is 4. The largest absolute Gasteiger partial charge is 0.468 e. The highest BCUT2D eigenvalue weighted by molar-refractivity contribution is 5.80. The second kappa shape index (κ2) is 7.74. The summed E-state index contributed by atoms with van der Waals surface area (Å²) in [6.07, 6.45) is 6.14. The van der Waals surface area contributed by atoms with Crippen LogP contribution in [0.4, 0.5) is 0 Å². The van der Waals surface area contributed by atoms with Gasteiger partial charge in [0, 0.05) is 6.61 Å². The summed E-state index contributed by atoms with van der Waals surface area (Å²) in [6, 6.07) is 0. The smallest absolute Gasteiger partial charge is 0.328 e. The van der Waals surface area contributed by atoms with E-state index in [4.69, 9.17) is 9.47 Å². The molecule has 0 aliphatic heterocycles. The normalized spacial score (nSPS) is 19.7. The minimum Gasteiger partial charge on any atom is -0.468 e. The van der Waals surface area contributed by atoms with E-state index in [1.54, 1.807) is 0 Å². The maximum absolute atomic E-state index is 11.8. The van der Waals surface area contributed by atoms with Crippen LogP contribution < -0.4 is 5.32 Å². The van der Waals surface area contributed by atoms with Crippen molar-refractivity contribution >= 4 is 5.97 Å². The maximum Gasteiger partial charge on any atom is 0.328 e. The first-order valence-electron chi connectivity index (χ1n) is 7.03. The number of esters is 1. The van der Waals surface area contributed by atoms with E-state index in [-0.39, 0.29) is 5.97 Å². The zero-order chi connectivity index (χ0) is 13.4. The first-order valence-corrected chi connectivity index (χ1v) is 7.03. The molecule has 0 aromatic heterocycles. The molecule has 0 radical (unpaired) electrons. The number of ether oxygens (including phenoxy) is 2. The van der Waals surface area contributed by atoms with Crippen LogP contribution in [0.3, 0.4) is 0 Å². The van der Waals surface area contributed by atoms with Crippen LogP contribution in [0.15, 0.2) is 0 Å². The van der Waals surface area contributed by atoms with Gasteiger partial charge in [-0.15, -0.1) is 0 Å². The van der Waals surface area contributed by atoms with E-state index in [1.165, 1.54) is 32.8 Å². The van der Waals surface area contributed by atoms with Crippen LogP contribution in [0.25, 0.3) is 0 Å². The highest BCUT2D eigenvalue weighted by Gasteiger charge is 2.34. The van der Waals surface area contributed by atoms with Gasteiger partial charge in [-0.05, 0) is 38.6 Å². The van der Waals surface area contributed by atoms with Gasteiger partial charge in [0.05, 0.1) is 13.7 Å². The Morgan fingerprint density at radius 3 is 2.61 bits per heavy atom. The lowest BCUT2D eigenvalue weighted by molar-refractivity contribution is -0.150. The number of rotatable bonds is 8. The summed E-state index contributed by atoms with van der Waals surface area (Å²) in [5.41, 5.74) is -0.719. The van der Waals surface area contributed by atoms with E-state index in [9.17, 15) is 4.79 Å². The molecular weight excluding hydrogens is 230 g/mol. The van der Waals surface area contributed by atoms with E-state index < -0.39 is 5.54 Å². The molecule has 0 spiro atoms. The van der Waals surface area contributed by atoms with E-state index >= 15 is 0 Å². The molecule has 4 nitrogen and oxygen atoms in total. The molecule has 1 N–H and O–H groups in total. The van der Waals surface area contributed by atoms with Crippen molar-refractivity contribution < 1.29 is 14.3 Å². The van der Waals surface area contributed by atoms with Crippen LogP contribution in [0.2, 0.25) is 0 Å². The molecule has 1 fully saturated rings. The van der Waals surface area contributed by atoms with Crippen LogP contribution in [0.1, 0.15) is 46.0 Å². The molecule has 1 rings (SSSR count). The fourth-order valence-electron chi connectivity index (χ4n) is 2.42. The standard InChI is InChI=1S/C14H27NO3/c1-4-9-15-14(2,13(16)17-3)11-18-10-12-7-5-6-8-12/h12,15H,4-11H2,1-3H3. The maximum atomic E-state index is 11.8. The highest BCUT2D eigenvalue weighted by atomic mass is 16.5. The predicted octanol–water partition coefficient (Wildman–Crippen LogP) is 2.12. The zero-order valence-electron chi connectivity index (χ0n) is 12.0. The fraction of sp³-hybridized carbons (Fsp3) is 0.929. The van der Waals surface area contributed by atoms with Gasteiger partial charge in [-0.3, -0.25) is 0 Å². The molecule has 18 heavy (non-hydrogen) atoms. The molecule has 4 heteroatoms. The Morgan fingerprint density at radius 2 is 2.06 bits per heavy atom. The molecule has 0 amide bonds. The number of carbonyl (C=O) groups is 1. The van der Waals surface area contributed by atoms with Gasteiger partial charge in [-0.1, -0.05) is 19.8 Å². The number of nitrogens with one attached hydrogen (secondary N) is 1. The van der Waals surface area contributed by atoms with Gasteiger partial charge in [-0.2, -0.15) is 0 Å². The third kappa shape index (κ3) is 4.58. The lowest BCUT2D eigenvalue weighted by atomic mass is 10.0. The van der Waals surface area contributed by atoms with Crippen molar-refractivity contribution in [3.8, 4) is 0 Å². The van der Waals surface area contributed by atoms with Gasteiger partial charge in [0.2, 0.25) is 0 Å². The fourth-order valence-corrected chi connectivity index (χ4v) is 2.42. The predicted molar refractivity (Wildman–Crippen MR) is 71.5 cm³/mol. The number of carbonyl (C=O) groups excluding carboxylic acids is 1. The topological polar surface area (TPSA) is 47.6 Å². The van der Waals surface area contributed by atoms with E-state index in [0.29, 0.717) is 12.5 Å². The minimum atomic E-state index is -0.719. The summed E-state index contributed by atoms with van der Waals surface area (Å²) in [7, 11) is 1.42. The quantitative estimate of drug-likeness (QED) is 0.677. The molecule has 1 atom stereocenters. The van der Waals surface area contributed by atoms with Crippen LogP contribution in [-0.2, 0) is 14.3 Å². The van der Waals surface area contributed by atoms with E-state index in [2.05, 4.69) is 12.2 Å². The Kier molecular flexibility index (Phi) is 6.65. The summed E-state index contributed by atoms with van der Waals surface area (Å²) < 4.78 is 10.6. The van der Waals surface area contributed by atoms with Crippen molar-refractivity contribution in [1.82, 2.24) is 5.32 Å². The van der Waals surface area contributed by atoms with E-state index in [1.807, 2.05) is 6.92 Å². The number of methoxy groups -OCH3 is 1. The van der Waals surface area contributed by atoms with Crippen LogP contribution >= 0.6 is 0 Å². The van der Waals surface area contributed by atoms with Crippen molar-refractivity contribution in [3.63, 3.8) is 0 Å². The summed E-state index contributed by atoms with van der Waals surface area (Å²) >= 11 is 0. The third-order valence-corrected chi connectivity index (χ3v) is 3.62. The van der Waals surface area contributed by atoms with Crippen LogP contribution in [0.5, 0.6) is 0 Å². The molecule has 0 aromatic carbocycles. The van der Waals surface area contributed by atoms with Gasteiger partial charge in [0.15, 0.2) is 0 Å². The molecule has 0 saturated heterocycles. The highest BCUT2D eigenvalue weighted by Crippen LogP contribution is 2.25. The molecule has 1 saturated carbocycles. The zero-order valence-corrected chi connectivity index (χ0v) is 12.0. The van der Waals surface area contributed by atoms with Crippen molar-refractivity contribution in [2.75, 3.05) is 26.9 Å². The van der Waals surface area contributed by atoms with Gasteiger partial charge >= 0.3 is 5.97 Å². The monoisotopic (exact) mass is 257 g/mol. The van der Waals surface area contributed by atoms with Gasteiger partial charge in [-0.25, -0.2) is 4.79 Å². The lowest BCUT2D eigenvalue weighted by Crippen LogP contribution is -2.54. The average molecular weight is 257 g/mol. The van der Waals surface area contributed by atoms with Gasteiger partial charge < -0.3 is 14.8 Å². The van der Waals surface area contributed by atoms with Crippen molar-refractivity contribution in [1.29, 1.82) is 0 Å². The Hall–Kier alpha value is -0.610. The van der Waals surface area contributed by atoms with Crippen molar-refractivity contribution in [2.45, 2.75) is 51.5 Å². The molecule has 1 aliphatic rings. The first-order chi connectivity index (χ1) is 8.62. The molecule has 1 unspecified atom stereocenters. The Bertz CT molecular complexity index is 251. The summed E-state index contributed by atoms with van der Waals surface area (Å²) in [5, 5.41) is 3.22. The minimum absolute atomic E-state index is 0.248. The molecule has 106 valence electrons.